The fourth-order valence-electron chi connectivity index (χ4n) is 1.68. The molecule has 0 radical (unpaired) electrons. The molecule has 0 fully saturated rings. The molecule has 134 valence electrons. The Morgan fingerprint density at radius 2 is 1.27 bits per heavy atom. The largest absolute Gasteiger partial charge is 0.498 e. The molecular formula is C9H14F6O5S2. The van der Waals surface area contributed by atoms with Gasteiger partial charge in [0.15, 0.2) is 4.58 Å². The van der Waals surface area contributed by atoms with E-state index in [4.69, 9.17) is 5.11 Å². The molecule has 0 aromatic carbocycles. The highest BCUT2D eigenvalue weighted by Crippen LogP contribution is 2.39. The van der Waals surface area contributed by atoms with Crippen molar-refractivity contribution < 1.29 is 48.3 Å². The molecule has 0 saturated carbocycles. The number of halogens is 6. The van der Waals surface area contributed by atoms with Gasteiger partial charge in [-0.3, -0.25) is 0 Å². The van der Waals surface area contributed by atoms with Crippen LogP contribution in [-0.4, -0.2) is 44.1 Å². The second-order valence-electron chi connectivity index (χ2n) is 4.48. The Morgan fingerprint density at radius 1 is 0.909 bits per heavy atom. The van der Waals surface area contributed by atoms with Gasteiger partial charge >= 0.3 is 11.0 Å². The van der Waals surface area contributed by atoms with Crippen molar-refractivity contribution in [2.24, 2.45) is 5.92 Å². The van der Waals surface area contributed by atoms with E-state index >= 15 is 0 Å². The lowest BCUT2D eigenvalue weighted by atomic mass is 10.0. The summed E-state index contributed by atoms with van der Waals surface area (Å²) in [5, 5.41) is 8.89. The van der Waals surface area contributed by atoms with Gasteiger partial charge in [0.1, 0.15) is 0 Å². The van der Waals surface area contributed by atoms with E-state index in [0.29, 0.717) is 0 Å². The van der Waals surface area contributed by atoms with Crippen molar-refractivity contribution in [3.8, 4) is 0 Å². The summed E-state index contributed by atoms with van der Waals surface area (Å²) < 4.78 is 116. The molecule has 0 rings (SSSR count). The standard InChI is InChI=1S/C9H14F6O5S2/c1-2-3-6(5-16)4-7(21(17,18)8(10,11)12)22(19,20)9(13,14)15/h6-7,16H,2-5H2,1H3. The Balaban J connectivity index is 6.05. The van der Waals surface area contributed by atoms with E-state index in [2.05, 4.69) is 0 Å². The first-order valence-electron chi connectivity index (χ1n) is 5.84. The zero-order valence-corrected chi connectivity index (χ0v) is 12.8. The zero-order valence-electron chi connectivity index (χ0n) is 11.1. The molecule has 0 amide bonds. The van der Waals surface area contributed by atoms with Gasteiger partial charge in [0.2, 0.25) is 0 Å². The van der Waals surface area contributed by atoms with Gasteiger partial charge in [0.25, 0.3) is 19.7 Å². The monoisotopic (exact) mass is 380 g/mol. The third kappa shape index (κ3) is 4.47. The van der Waals surface area contributed by atoms with Gasteiger partial charge < -0.3 is 5.11 Å². The summed E-state index contributed by atoms with van der Waals surface area (Å²) in [6.07, 6.45) is -1.42. The molecule has 1 unspecified atom stereocenters. The number of sulfone groups is 2. The first kappa shape index (κ1) is 21.4. The van der Waals surface area contributed by atoms with E-state index in [0.717, 1.165) is 0 Å². The highest BCUT2D eigenvalue weighted by atomic mass is 32.3. The van der Waals surface area contributed by atoms with Crippen LogP contribution in [0.3, 0.4) is 0 Å². The first-order chi connectivity index (χ1) is 9.62. The normalized spacial score (nSPS) is 16.0. The van der Waals surface area contributed by atoms with E-state index in [1.165, 1.54) is 6.92 Å². The number of hydrogen-bond acceptors (Lipinski definition) is 5. The van der Waals surface area contributed by atoms with E-state index in [1.54, 1.807) is 0 Å². The molecule has 22 heavy (non-hydrogen) atoms. The highest BCUT2D eigenvalue weighted by Gasteiger charge is 2.62. The number of hydrogen-bond donors (Lipinski definition) is 1. The summed E-state index contributed by atoms with van der Waals surface area (Å²) in [5.74, 6) is -1.33. The molecule has 0 aromatic rings. The van der Waals surface area contributed by atoms with Crippen molar-refractivity contribution in [3.63, 3.8) is 0 Å². The van der Waals surface area contributed by atoms with Crippen molar-refractivity contribution in [1.29, 1.82) is 0 Å². The molecule has 1 N–H and O–H groups in total. The number of rotatable bonds is 7. The number of aliphatic hydroxyl groups is 1. The lowest BCUT2D eigenvalue weighted by Crippen LogP contribution is -2.46. The summed E-state index contributed by atoms with van der Waals surface area (Å²) >= 11 is 0. The summed E-state index contributed by atoms with van der Waals surface area (Å²) in [6.45, 7) is 0.541. The predicted octanol–water partition coefficient (Wildman–Crippen LogP) is 1.98. The van der Waals surface area contributed by atoms with Gasteiger partial charge in [0, 0.05) is 6.61 Å². The van der Waals surface area contributed by atoms with Crippen molar-refractivity contribution >= 4 is 19.7 Å². The molecule has 0 aliphatic rings. The number of alkyl halides is 6. The lowest BCUT2D eigenvalue weighted by molar-refractivity contribution is -0.0475. The zero-order chi connectivity index (χ0) is 18.0. The number of aliphatic hydroxyl groups excluding tert-OH is 1. The molecule has 0 heterocycles. The van der Waals surface area contributed by atoms with Gasteiger partial charge in [0.05, 0.1) is 0 Å². The average Bonchev–Trinajstić information content (AvgIpc) is 2.30. The van der Waals surface area contributed by atoms with Crippen LogP contribution in [0.4, 0.5) is 26.3 Å². The van der Waals surface area contributed by atoms with Gasteiger partial charge in [-0.05, 0) is 18.8 Å². The van der Waals surface area contributed by atoms with Crippen molar-refractivity contribution in [2.75, 3.05) is 6.61 Å². The Labute approximate surface area is 123 Å². The molecule has 5 nitrogen and oxygen atoms in total. The van der Waals surface area contributed by atoms with Gasteiger partial charge in [-0.15, -0.1) is 0 Å². The van der Waals surface area contributed by atoms with Crippen LogP contribution >= 0.6 is 0 Å². The maximum absolute atomic E-state index is 12.5. The molecule has 13 heteroatoms. The van der Waals surface area contributed by atoms with E-state index < -0.39 is 54.2 Å². The first-order valence-corrected chi connectivity index (χ1v) is 8.93. The minimum absolute atomic E-state index is 0.131. The third-order valence-electron chi connectivity index (χ3n) is 2.82. The molecule has 1 atom stereocenters. The van der Waals surface area contributed by atoms with E-state index in [-0.39, 0.29) is 12.8 Å². The molecule has 0 aliphatic carbocycles. The van der Waals surface area contributed by atoms with Crippen LogP contribution < -0.4 is 0 Å². The molecule has 0 saturated heterocycles. The summed E-state index contributed by atoms with van der Waals surface area (Å²) in [6, 6.07) is 0. The second kappa shape index (κ2) is 6.91. The van der Waals surface area contributed by atoms with Crippen molar-refractivity contribution in [3.05, 3.63) is 0 Å². The lowest BCUT2D eigenvalue weighted by Gasteiger charge is -2.24. The van der Waals surface area contributed by atoms with Crippen LogP contribution in [0.5, 0.6) is 0 Å². The molecule has 0 bridgehead atoms. The smallest absolute Gasteiger partial charge is 0.396 e. The van der Waals surface area contributed by atoms with Gasteiger partial charge in [-0.1, -0.05) is 13.3 Å². The summed E-state index contributed by atoms with van der Waals surface area (Å²) in [4.78, 5) is 0. The second-order valence-corrected chi connectivity index (χ2v) is 9.03. The van der Waals surface area contributed by atoms with Crippen molar-refractivity contribution in [1.82, 2.24) is 0 Å². The highest BCUT2D eigenvalue weighted by molar-refractivity contribution is 8.09. The average molecular weight is 380 g/mol. The van der Waals surface area contributed by atoms with Crippen LogP contribution in [-0.2, 0) is 19.7 Å². The molecule has 0 spiro atoms. The summed E-state index contributed by atoms with van der Waals surface area (Å²) in [5.41, 5.74) is -12.3. The quantitative estimate of drug-likeness (QED) is 0.683. The van der Waals surface area contributed by atoms with E-state index in [1.807, 2.05) is 0 Å². The van der Waals surface area contributed by atoms with Crippen LogP contribution in [0, 0.1) is 5.92 Å². The Bertz CT molecular complexity index is 518. The summed E-state index contributed by atoms with van der Waals surface area (Å²) in [7, 11) is -13.2. The van der Waals surface area contributed by atoms with Crippen LogP contribution in [0.2, 0.25) is 0 Å². The predicted molar refractivity (Wildman–Crippen MR) is 63.8 cm³/mol. The maximum atomic E-state index is 12.5. The Hall–Kier alpha value is -0.560. The SMILES string of the molecule is CCCC(CO)CC(S(=O)(=O)C(F)(F)F)S(=O)(=O)C(F)(F)F. The third-order valence-corrected chi connectivity index (χ3v) is 7.40. The van der Waals surface area contributed by atoms with Gasteiger partial charge in [-0.2, -0.15) is 26.3 Å². The van der Waals surface area contributed by atoms with Crippen LogP contribution in [0.25, 0.3) is 0 Å². The van der Waals surface area contributed by atoms with Crippen LogP contribution in [0.1, 0.15) is 26.2 Å². The Kier molecular flexibility index (Phi) is 6.73. The van der Waals surface area contributed by atoms with Crippen molar-refractivity contribution in [2.45, 2.75) is 41.8 Å². The minimum atomic E-state index is -6.62. The van der Waals surface area contributed by atoms with Gasteiger partial charge in [-0.25, -0.2) is 16.8 Å². The van der Waals surface area contributed by atoms with E-state index in [9.17, 15) is 43.2 Å². The maximum Gasteiger partial charge on any atom is 0.498 e. The molecule has 0 aliphatic heterocycles. The molecular weight excluding hydrogens is 366 g/mol. The molecule has 0 aromatic heterocycles. The topological polar surface area (TPSA) is 88.5 Å². The fraction of sp³-hybridized carbons (Fsp3) is 1.00. The van der Waals surface area contributed by atoms with Crippen LogP contribution in [0.15, 0.2) is 0 Å². The Morgan fingerprint density at radius 3 is 1.50 bits per heavy atom. The fourth-order valence-corrected chi connectivity index (χ4v) is 5.32. The minimum Gasteiger partial charge on any atom is -0.396 e.